The molecule has 4 nitrogen and oxygen atoms in total. The third kappa shape index (κ3) is 2.82. The Morgan fingerprint density at radius 1 is 1.36 bits per heavy atom. The number of benzene rings is 1. The van der Waals surface area contributed by atoms with Crippen molar-refractivity contribution < 1.29 is 19.4 Å². The highest BCUT2D eigenvalue weighted by Gasteiger charge is 2.09. The first-order valence-corrected chi connectivity index (χ1v) is 3.93. The Kier molecular flexibility index (Phi) is 3.55. The molecule has 1 aromatic rings. The lowest BCUT2D eigenvalue weighted by molar-refractivity contribution is -0.135. The van der Waals surface area contributed by atoms with Gasteiger partial charge in [0.05, 0.1) is 7.11 Å². The Morgan fingerprint density at radius 2 is 2.00 bits per heavy atom. The molecule has 0 aliphatic rings. The van der Waals surface area contributed by atoms with Gasteiger partial charge in [0.2, 0.25) is 5.76 Å². The Balaban J connectivity index is 2.76. The molecule has 1 aromatic carbocycles. The van der Waals surface area contributed by atoms with E-state index >= 15 is 0 Å². The van der Waals surface area contributed by atoms with Gasteiger partial charge >= 0.3 is 5.97 Å². The maximum atomic E-state index is 10.6. The van der Waals surface area contributed by atoms with Crippen LogP contribution in [0.15, 0.2) is 42.4 Å². The van der Waals surface area contributed by atoms with Gasteiger partial charge in [0.25, 0.3) is 0 Å². The van der Waals surface area contributed by atoms with Gasteiger partial charge in [-0.1, -0.05) is 18.2 Å². The second-order valence-corrected chi connectivity index (χ2v) is 2.44. The summed E-state index contributed by atoms with van der Waals surface area (Å²) in [4.78, 5) is 10.6. The molecule has 0 aromatic heterocycles. The predicted molar refractivity (Wildman–Crippen MR) is 49.8 cm³/mol. The number of carbonyl (C=O) groups is 1. The van der Waals surface area contributed by atoms with Crippen LogP contribution in [0.25, 0.3) is 0 Å². The molecule has 0 saturated carbocycles. The van der Waals surface area contributed by atoms with Gasteiger partial charge in [0.1, 0.15) is 12.0 Å². The van der Waals surface area contributed by atoms with E-state index in [-0.39, 0.29) is 5.76 Å². The molecule has 0 aliphatic carbocycles. The van der Waals surface area contributed by atoms with Crippen molar-refractivity contribution in [2.24, 2.45) is 0 Å². The zero-order valence-electron chi connectivity index (χ0n) is 7.64. The number of carboxylic acids is 1. The number of hydrogen-bond donors (Lipinski definition) is 1. The lowest BCUT2D eigenvalue weighted by Gasteiger charge is -2.04. The van der Waals surface area contributed by atoms with Gasteiger partial charge in [-0.15, -0.1) is 0 Å². The summed E-state index contributed by atoms with van der Waals surface area (Å²) < 4.78 is 9.62. The lowest BCUT2D eigenvalue weighted by atomic mass is 10.3. The van der Waals surface area contributed by atoms with Crippen LogP contribution in [0.1, 0.15) is 0 Å². The van der Waals surface area contributed by atoms with E-state index < -0.39 is 5.97 Å². The largest absolute Gasteiger partial charge is 0.500 e. The van der Waals surface area contributed by atoms with Crippen molar-refractivity contribution in [3.8, 4) is 5.75 Å². The maximum Gasteiger partial charge on any atom is 0.375 e. The summed E-state index contributed by atoms with van der Waals surface area (Å²) in [5.74, 6) is -0.965. The molecule has 0 heterocycles. The van der Waals surface area contributed by atoms with Gasteiger partial charge in [-0.3, -0.25) is 0 Å². The number of carboxylic acid groups (broad SMARTS) is 1. The van der Waals surface area contributed by atoms with Crippen LogP contribution in [0.5, 0.6) is 5.75 Å². The summed E-state index contributed by atoms with van der Waals surface area (Å²) in [6, 6.07) is 8.63. The third-order valence-electron chi connectivity index (χ3n) is 1.41. The molecule has 0 fully saturated rings. The number of hydrogen-bond acceptors (Lipinski definition) is 3. The summed E-state index contributed by atoms with van der Waals surface area (Å²) in [6.07, 6.45) is 1.04. The molecule has 0 aliphatic heterocycles. The Bertz CT molecular complexity index is 329. The van der Waals surface area contributed by atoms with Crippen LogP contribution in [0.2, 0.25) is 0 Å². The normalized spacial score (nSPS) is 10.8. The quantitative estimate of drug-likeness (QED) is 0.584. The van der Waals surface area contributed by atoms with Crippen LogP contribution < -0.4 is 4.74 Å². The van der Waals surface area contributed by atoms with Crippen LogP contribution in [0.3, 0.4) is 0 Å². The topological polar surface area (TPSA) is 55.8 Å². The Hall–Kier alpha value is -1.97. The van der Waals surface area contributed by atoms with Crippen LogP contribution in [-0.4, -0.2) is 18.2 Å². The molecule has 0 spiro atoms. The van der Waals surface area contributed by atoms with Crippen molar-refractivity contribution in [1.82, 2.24) is 0 Å². The fourth-order valence-electron chi connectivity index (χ4n) is 0.841. The second-order valence-electron chi connectivity index (χ2n) is 2.44. The SMILES string of the molecule is COC=C(Oc1ccccc1)C(=O)O. The molecular weight excluding hydrogens is 184 g/mol. The number of ether oxygens (including phenoxy) is 2. The van der Waals surface area contributed by atoms with Crippen molar-refractivity contribution in [2.45, 2.75) is 0 Å². The average Bonchev–Trinajstić information content (AvgIpc) is 2.18. The number of aliphatic carboxylic acids is 1. The van der Waals surface area contributed by atoms with Gasteiger partial charge in [0.15, 0.2) is 0 Å². The summed E-state index contributed by atoms with van der Waals surface area (Å²) in [6.45, 7) is 0. The van der Waals surface area contributed by atoms with E-state index in [1.54, 1.807) is 24.3 Å². The standard InChI is InChI=1S/C10H10O4/c1-13-7-9(10(11)12)14-8-5-3-2-4-6-8/h2-7H,1H3,(H,11,12). The zero-order chi connectivity index (χ0) is 10.4. The Morgan fingerprint density at radius 3 is 2.50 bits per heavy atom. The predicted octanol–water partition coefficient (Wildman–Crippen LogP) is 1.64. The van der Waals surface area contributed by atoms with Crippen molar-refractivity contribution in [3.63, 3.8) is 0 Å². The van der Waals surface area contributed by atoms with Crippen LogP contribution in [-0.2, 0) is 9.53 Å². The second kappa shape index (κ2) is 4.91. The Labute approximate surface area is 81.4 Å². The molecule has 0 bridgehead atoms. The highest BCUT2D eigenvalue weighted by atomic mass is 16.5. The first-order chi connectivity index (χ1) is 6.74. The summed E-state index contributed by atoms with van der Waals surface area (Å²) in [7, 11) is 1.36. The van der Waals surface area contributed by atoms with Gasteiger partial charge in [0, 0.05) is 0 Å². The van der Waals surface area contributed by atoms with Gasteiger partial charge in [-0.25, -0.2) is 4.79 Å². The van der Waals surface area contributed by atoms with Crippen LogP contribution in [0.4, 0.5) is 0 Å². The smallest absolute Gasteiger partial charge is 0.375 e. The number of rotatable bonds is 4. The van der Waals surface area contributed by atoms with Crippen molar-refractivity contribution in [2.75, 3.05) is 7.11 Å². The zero-order valence-corrected chi connectivity index (χ0v) is 7.64. The van der Waals surface area contributed by atoms with E-state index in [1.807, 2.05) is 6.07 Å². The molecule has 74 valence electrons. The van der Waals surface area contributed by atoms with Crippen molar-refractivity contribution in [1.29, 1.82) is 0 Å². The highest BCUT2D eigenvalue weighted by Crippen LogP contribution is 2.12. The van der Waals surface area contributed by atoms with E-state index in [4.69, 9.17) is 9.84 Å². The average molecular weight is 194 g/mol. The fourth-order valence-corrected chi connectivity index (χ4v) is 0.841. The summed E-state index contributed by atoms with van der Waals surface area (Å²) >= 11 is 0. The summed E-state index contributed by atoms with van der Waals surface area (Å²) in [5, 5.41) is 8.69. The third-order valence-corrected chi connectivity index (χ3v) is 1.41. The van der Waals surface area contributed by atoms with Crippen LogP contribution in [0, 0.1) is 0 Å². The lowest BCUT2D eigenvalue weighted by Crippen LogP contribution is -2.07. The minimum atomic E-state index is -1.17. The van der Waals surface area contributed by atoms with Gasteiger partial charge < -0.3 is 14.6 Å². The molecule has 0 unspecified atom stereocenters. The van der Waals surface area contributed by atoms with Crippen LogP contribution >= 0.6 is 0 Å². The summed E-state index contributed by atoms with van der Waals surface area (Å²) in [5.41, 5.74) is 0. The highest BCUT2D eigenvalue weighted by molar-refractivity contribution is 5.84. The molecule has 0 atom stereocenters. The monoisotopic (exact) mass is 194 g/mol. The molecule has 0 radical (unpaired) electrons. The van der Waals surface area contributed by atoms with Gasteiger partial charge in [-0.05, 0) is 12.1 Å². The van der Waals surface area contributed by atoms with Crippen molar-refractivity contribution in [3.05, 3.63) is 42.4 Å². The molecule has 1 N–H and O–H groups in total. The molecule has 1 rings (SSSR count). The molecular formula is C10H10O4. The fraction of sp³-hybridized carbons (Fsp3) is 0.100. The molecule has 4 heteroatoms. The van der Waals surface area contributed by atoms with E-state index in [0.29, 0.717) is 5.75 Å². The van der Waals surface area contributed by atoms with E-state index in [0.717, 1.165) is 6.26 Å². The minimum absolute atomic E-state index is 0.251. The number of methoxy groups -OCH3 is 1. The van der Waals surface area contributed by atoms with E-state index in [2.05, 4.69) is 4.74 Å². The van der Waals surface area contributed by atoms with E-state index in [9.17, 15) is 4.79 Å². The first kappa shape index (κ1) is 10.1. The van der Waals surface area contributed by atoms with Gasteiger partial charge in [-0.2, -0.15) is 0 Å². The minimum Gasteiger partial charge on any atom is -0.500 e. The molecule has 0 saturated heterocycles. The molecule has 14 heavy (non-hydrogen) atoms. The van der Waals surface area contributed by atoms with E-state index in [1.165, 1.54) is 7.11 Å². The maximum absolute atomic E-state index is 10.6. The number of para-hydroxylation sites is 1. The van der Waals surface area contributed by atoms with Crippen molar-refractivity contribution >= 4 is 5.97 Å². The molecule has 0 amide bonds. The first-order valence-electron chi connectivity index (χ1n) is 3.93.